The lowest BCUT2D eigenvalue weighted by molar-refractivity contribution is -0.143. The normalized spacial score (nSPS) is 17.6. The third kappa shape index (κ3) is 2.87. The maximum atomic E-state index is 13.5. The molecule has 7 heteroatoms. The van der Waals surface area contributed by atoms with Crippen LogP contribution in [0.25, 0.3) is 6.08 Å². The minimum atomic E-state index is -0.901. The minimum absolute atomic E-state index is 0.146. The monoisotopic (exact) mass is 390 g/mol. The number of anilines is 1. The Morgan fingerprint density at radius 1 is 0.897 bits per heavy atom. The molecule has 2 aromatic rings. The summed E-state index contributed by atoms with van der Waals surface area (Å²) in [5.41, 5.74) is 1.80. The smallest absolute Gasteiger partial charge is 0.355 e. The molecule has 1 atom stereocenters. The van der Waals surface area contributed by atoms with Gasteiger partial charge in [0.15, 0.2) is 5.57 Å². The molecule has 1 amide bonds. The number of para-hydroxylation sites is 1. The second kappa shape index (κ2) is 7.27. The topological polar surface area (TPSA) is 76.2 Å². The summed E-state index contributed by atoms with van der Waals surface area (Å²) in [6.07, 6.45) is 2.83. The second-order valence-electron chi connectivity index (χ2n) is 6.44. The van der Waals surface area contributed by atoms with E-state index in [4.69, 9.17) is 9.47 Å². The van der Waals surface area contributed by atoms with Gasteiger partial charge in [-0.15, -0.1) is 0 Å². The molecule has 2 aromatic carbocycles. The number of esters is 2. The summed E-state index contributed by atoms with van der Waals surface area (Å²) in [5, 5.41) is 0. The molecular weight excluding hydrogens is 372 g/mol. The summed E-state index contributed by atoms with van der Waals surface area (Å²) in [5.74, 6) is -2.32. The summed E-state index contributed by atoms with van der Waals surface area (Å²) in [4.78, 5) is 41.7. The highest BCUT2D eigenvalue weighted by atomic mass is 16.5. The molecular formula is C22H18N2O5. The van der Waals surface area contributed by atoms with E-state index in [0.717, 1.165) is 18.2 Å². The Morgan fingerprint density at radius 2 is 1.55 bits per heavy atom. The van der Waals surface area contributed by atoms with Gasteiger partial charge in [-0.2, -0.15) is 0 Å². The van der Waals surface area contributed by atoms with Gasteiger partial charge in [0.05, 0.1) is 14.2 Å². The number of hydrogen-bond donors (Lipinski definition) is 0. The molecule has 0 saturated heterocycles. The fourth-order valence-corrected chi connectivity index (χ4v) is 3.65. The number of nitrogens with zero attached hydrogens (tertiary/aromatic N) is 2. The fraction of sp³-hybridized carbons (Fsp3) is 0.136. The lowest BCUT2D eigenvalue weighted by Crippen LogP contribution is -2.52. The van der Waals surface area contributed by atoms with Gasteiger partial charge in [-0.1, -0.05) is 42.5 Å². The van der Waals surface area contributed by atoms with Gasteiger partial charge in [0.2, 0.25) is 0 Å². The van der Waals surface area contributed by atoms with Crippen molar-refractivity contribution in [3.63, 3.8) is 0 Å². The molecule has 0 spiro atoms. The summed E-state index contributed by atoms with van der Waals surface area (Å²) >= 11 is 0. The molecule has 7 nitrogen and oxygen atoms in total. The molecule has 0 fully saturated rings. The van der Waals surface area contributed by atoms with E-state index >= 15 is 0 Å². The SMILES string of the molecule is COC(=O)C1=C(C(=O)OC)N2C=Cc3ccccc3C2N(c2ccccc2)C1=O. The number of rotatable bonds is 3. The first-order chi connectivity index (χ1) is 14.1. The molecule has 29 heavy (non-hydrogen) atoms. The maximum Gasteiger partial charge on any atom is 0.355 e. The third-order valence-electron chi connectivity index (χ3n) is 4.93. The van der Waals surface area contributed by atoms with Crippen molar-refractivity contribution in [1.82, 2.24) is 4.90 Å². The van der Waals surface area contributed by atoms with Gasteiger partial charge in [0.1, 0.15) is 11.9 Å². The van der Waals surface area contributed by atoms with Crippen LogP contribution >= 0.6 is 0 Å². The van der Waals surface area contributed by atoms with E-state index < -0.39 is 24.0 Å². The molecule has 146 valence electrons. The number of methoxy groups -OCH3 is 2. The van der Waals surface area contributed by atoms with Crippen molar-refractivity contribution in [1.29, 1.82) is 0 Å². The van der Waals surface area contributed by atoms with Crippen molar-refractivity contribution in [3.8, 4) is 0 Å². The quantitative estimate of drug-likeness (QED) is 0.592. The minimum Gasteiger partial charge on any atom is -0.465 e. The van der Waals surface area contributed by atoms with Gasteiger partial charge in [-0.3, -0.25) is 9.69 Å². The van der Waals surface area contributed by atoms with Crippen LogP contribution < -0.4 is 4.90 Å². The Hall–Kier alpha value is -3.87. The summed E-state index contributed by atoms with van der Waals surface area (Å²) in [7, 11) is 2.37. The van der Waals surface area contributed by atoms with E-state index in [2.05, 4.69) is 0 Å². The van der Waals surface area contributed by atoms with Crippen molar-refractivity contribution in [2.24, 2.45) is 0 Å². The Kier molecular flexibility index (Phi) is 4.64. The summed E-state index contributed by atoms with van der Waals surface area (Å²) in [6.45, 7) is 0. The number of benzene rings is 2. The Bertz CT molecular complexity index is 1060. The van der Waals surface area contributed by atoms with E-state index in [1.807, 2.05) is 36.4 Å². The van der Waals surface area contributed by atoms with Crippen LogP contribution in [0.2, 0.25) is 0 Å². The molecule has 4 rings (SSSR count). The van der Waals surface area contributed by atoms with Gasteiger partial charge in [-0.25, -0.2) is 9.59 Å². The molecule has 0 saturated carbocycles. The van der Waals surface area contributed by atoms with Crippen LogP contribution in [-0.2, 0) is 23.9 Å². The lowest BCUT2D eigenvalue weighted by Gasteiger charge is -2.45. The van der Waals surface area contributed by atoms with Crippen molar-refractivity contribution in [3.05, 3.63) is 83.2 Å². The third-order valence-corrected chi connectivity index (χ3v) is 4.93. The largest absolute Gasteiger partial charge is 0.465 e. The van der Waals surface area contributed by atoms with E-state index in [1.165, 1.54) is 12.0 Å². The van der Waals surface area contributed by atoms with Gasteiger partial charge in [0.25, 0.3) is 5.91 Å². The standard InChI is InChI=1S/C22H18N2O5/c1-28-21(26)17-18(22(27)29-2)23-13-12-14-8-6-7-11-16(14)19(23)24(20(17)25)15-9-4-3-5-10-15/h3-13,19H,1-2H3. The highest BCUT2D eigenvalue weighted by Gasteiger charge is 2.47. The second-order valence-corrected chi connectivity index (χ2v) is 6.44. The average Bonchev–Trinajstić information content (AvgIpc) is 2.77. The maximum absolute atomic E-state index is 13.5. The van der Waals surface area contributed by atoms with Gasteiger partial charge >= 0.3 is 11.9 Å². The van der Waals surface area contributed by atoms with E-state index in [0.29, 0.717) is 5.69 Å². The number of fused-ring (bicyclic) bond motifs is 3. The number of amides is 1. The van der Waals surface area contributed by atoms with Crippen LogP contribution in [0.3, 0.4) is 0 Å². The fourth-order valence-electron chi connectivity index (χ4n) is 3.65. The first-order valence-corrected chi connectivity index (χ1v) is 8.93. The van der Waals surface area contributed by atoms with Gasteiger partial charge in [-0.05, 0) is 23.8 Å². The number of carbonyl (C=O) groups excluding carboxylic acids is 3. The first kappa shape index (κ1) is 18.5. The van der Waals surface area contributed by atoms with Crippen molar-refractivity contribution < 1.29 is 23.9 Å². The van der Waals surface area contributed by atoms with Crippen molar-refractivity contribution >= 4 is 29.6 Å². The van der Waals surface area contributed by atoms with E-state index in [9.17, 15) is 14.4 Å². The predicted octanol–water partition coefficient (Wildman–Crippen LogP) is 2.62. The van der Waals surface area contributed by atoms with Crippen LogP contribution in [0, 0.1) is 0 Å². The summed E-state index contributed by atoms with van der Waals surface area (Å²) < 4.78 is 9.71. The molecule has 0 aromatic heterocycles. The van der Waals surface area contributed by atoms with Gasteiger partial charge in [0, 0.05) is 17.5 Å². The number of hydrogen-bond acceptors (Lipinski definition) is 6. The number of ether oxygens (including phenoxy) is 2. The van der Waals surface area contributed by atoms with Crippen molar-refractivity contribution in [2.75, 3.05) is 19.1 Å². The molecule has 0 aliphatic carbocycles. The molecule has 0 N–H and O–H groups in total. The lowest BCUT2D eigenvalue weighted by atomic mass is 9.94. The average molecular weight is 390 g/mol. The van der Waals surface area contributed by atoms with Crippen LogP contribution in [-0.4, -0.2) is 37.0 Å². The Morgan fingerprint density at radius 3 is 2.24 bits per heavy atom. The number of carbonyl (C=O) groups is 3. The molecule has 0 radical (unpaired) electrons. The first-order valence-electron chi connectivity index (χ1n) is 8.93. The Labute approximate surface area is 167 Å². The zero-order valence-corrected chi connectivity index (χ0v) is 15.9. The van der Waals surface area contributed by atoms with E-state index in [1.54, 1.807) is 35.4 Å². The van der Waals surface area contributed by atoms with Crippen LogP contribution in [0.1, 0.15) is 17.3 Å². The highest BCUT2D eigenvalue weighted by molar-refractivity contribution is 6.26. The molecule has 1 unspecified atom stereocenters. The molecule has 0 bridgehead atoms. The predicted molar refractivity (Wildman–Crippen MR) is 105 cm³/mol. The Balaban J connectivity index is 2.02. The molecule has 2 heterocycles. The van der Waals surface area contributed by atoms with Crippen LogP contribution in [0.4, 0.5) is 5.69 Å². The molecule has 2 aliphatic heterocycles. The zero-order valence-electron chi connectivity index (χ0n) is 15.9. The molecule has 2 aliphatic rings. The zero-order chi connectivity index (χ0) is 20.5. The highest BCUT2D eigenvalue weighted by Crippen LogP contribution is 2.43. The summed E-state index contributed by atoms with van der Waals surface area (Å²) in [6, 6.07) is 16.6. The van der Waals surface area contributed by atoms with Crippen LogP contribution in [0.5, 0.6) is 0 Å². The van der Waals surface area contributed by atoms with E-state index in [-0.39, 0.29) is 11.3 Å². The van der Waals surface area contributed by atoms with Gasteiger partial charge < -0.3 is 14.4 Å². The van der Waals surface area contributed by atoms with Crippen molar-refractivity contribution in [2.45, 2.75) is 6.17 Å². The van der Waals surface area contributed by atoms with Crippen LogP contribution in [0.15, 0.2) is 72.1 Å².